The van der Waals surface area contributed by atoms with E-state index in [9.17, 15) is 23.1 Å². The van der Waals surface area contributed by atoms with Crippen LogP contribution in [0.4, 0.5) is 13.2 Å². The maximum Gasteiger partial charge on any atom is 0.419 e. The molecule has 0 radical (unpaired) electrons. The monoisotopic (exact) mass is 263 g/mol. The maximum atomic E-state index is 12.6. The number of alkyl halides is 3. The van der Waals surface area contributed by atoms with Gasteiger partial charge in [-0.25, -0.2) is 0 Å². The van der Waals surface area contributed by atoms with Crippen LogP contribution in [0, 0.1) is 5.92 Å². The van der Waals surface area contributed by atoms with Gasteiger partial charge in [0.25, 0.3) is 0 Å². The predicted molar refractivity (Wildman–Crippen MR) is 58.7 cm³/mol. The summed E-state index contributed by atoms with van der Waals surface area (Å²) in [5, 5.41) is 9.48. The Labute approximate surface area is 103 Å². The molecule has 1 aliphatic heterocycles. The van der Waals surface area contributed by atoms with Gasteiger partial charge in [-0.2, -0.15) is 13.2 Å². The van der Waals surface area contributed by atoms with Crippen molar-refractivity contribution in [3.05, 3.63) is 12.2 Å². The first-order valence-electron chi connectivity index (χ1n) is 6.05. The molecule has 1 heterocycles. The minimum absolute atomic E-state index is 0.0225. The van der Waals surface area contributed by atoms with Crippen LogP contribution in [0.25, 0.3) is 0 Å². The SMILES string of the molecule is O=C(C[C@@H]1C=CCC1)N1CC[C@](O)(C(F)(F)F)C1. The number of likely N-dealkylation sites (tertiary alicyclic amines) is 1. The van der Waals surface area contributed by atoms with Gasteiger partial charge in [0, 0.05) is 19.4 Å². The summed E-state index contributed by atoms with van der Waals surface area (Å²) in [5.41, 5.74) is -2.73. The van der Waals surface area contributed by atoms with Crippen molar-refractivity contribution in [2.45, 2.75) is 37.5 Å². The molecule has 1 fully saturated rings. The first kappa shape index (κ1) is 13.4. The molecule has 2 atom stereocenters. The molecule has 0 saturated carbocycles. The van der Waals surface area contributed by atoms with E-state index in [1.54, 1.807) is 0 Å². The van der Waals surface area contributed by atoms with Crippen molar-refractivity contribution in [3.63, 3.8) is 0 Å². The summed E-state index contributed by atoms with van der Waals surface area (Å²) in [5.74, 6) is -0.163. The molecule has 2 rings (SSSR count). The Kier molecular flexibility index (Phi) is 3.40. The van der Waals surface area contributed by atoms with Crippen LogP contribution >= 0.6 is 0 Å². The molecule has 3 nitrogen and oxygen atoms in total. The van der Waals surface area contributed by atoms with E-state index in [2.05, 4.69) is 0 Å². The highest BCUT2D eigenvalue weighted by molar-refractivity contribution is 5.77. The number of carbonyl (C=O) groups excluding carboxylic acids is 1. The fourth-order valence-electron chi connectivity index (χ4n) is 2.46. The summed E-state index contributed by atoms with van der Waals surface area (Å²) in [6, 6.07) is 0. The van der Waals surface area contributed by atoms with Crippen LogP contribution in [0.1, 0.15) is 25.7 Å². The van der Waals surface area contributed by atoms with Gasteiger partial charge in [0.2, 0.25) is 5.91 Å². The highest BCUT2D eigenvalue weighted by atomic mass is 19.4. The molecule has 0 spiro atoms. The summed E-state index contributed by atoms with van der Waals surface area (Å²) in [6.07, 6.45) is 0.855. The zero-order valence-electron chi connectivity index (χ0n) is 9.91. The van der Waals surface area contributed by atoms with Crippen molar-refractivity contribution in [2.24, 2.45) is 5.92 Å². The van der Waals surface area contributed by atoms with E-state index in [4.69, 9.17) is 0 Å². The molecule has 1 N–H and O–H groups in total. The van der Waals surface area contributed by atoms with Crippen molar-refractivity contribution in [2.75, 3.05) is 13.1 Å². The number of amides is 1. The third-order valence-corrected chi connectivity index (χ3v) is 3.68. The lowest BCUT2D eigenvalue weighted by atomic mass is 10.0. The number of allylic oxidation sites excluding steroid dienone is 2. The second-order valence-corrected chi connectivity index (χ2v) is 5.06. The quantitative estimate of drug-likeness (QED) is 0.773. The van der Waals surface area contributed by atoms with E-state index < -0.39 is 24.7 Å². The molecule has 1 amide bonds. The third kappa shape index (κ3) is 2.53. The first-order valence-corrected chi connectivity index (χ1v) is 6.05. The Balaban J connectivity index is 1.92. The molecule has 18 heavy (non-hydrogen) atoms. The molecule has 0 aromatic heterocycles. The number of hydrogen-bond acceptors (Lipinski definition) is 2. The molecule has 0 aromatic rings. The third-order valence-electron chi connectivity index (χ3n) is 3.68. The van der Waals surface area contributed by atoms with Gasteiger partial charge in [0.15, 0.2) is 5.60 Å². The molecule has 102 valence electrons. The van der Waals surface area contributed by atoms with Crippen LogP contribution in [0.3, 0.4) is 0 Å². The Morgan fingerprint density at radius 1 is 1.50 bits per heavy atom. The van der Waals surface area contributed by atoms with Crippen LogP contribution in [0.15, 0.2) is 12.2 Å². The second-order valence-electron chi connectivity index (χ2n) is 5.06. The minimum atomic E-state index is -4.67. The van der Waals surface area contributed by atoms with Gasteiger partial charge >= 0.3 is 6.18 Å². The number of hydrogen-bond donors (Lipinski definition) is 1. The molecule has 2 aliphatic rings. The molecule has 1 aliphatic carbocycles. The summed E-state index contributed by atoms with van der Waals surface area (Å²) >= 11 is 0. The summed E-state index contributed by atoms with van der Waals surface area (Å²) in [4.78, 5) is 13.0. The maximum absolute atomic E-state index is 12.6. The van der Waals surface area contributed by atoms with Crippen molar-refractivity contribution < 1.29 is 23.1 Å². The standard InChI is InChI=1S/C12H16F3NO2/c13-12(14,15)11(18)5-6-16(8-11)10(17)7-9-3-1-2-4-9/h1,3,9,18H,2,4-8H2/t9-,11-/m1/s1. The smallest absolute Gasteiger partial charge is 0.379 e. The Morgan fingerprint density at radius 3 is 2.72 bits per heavy atom. The van der Waals surface area contributed by atoms with E-state index in [0.29, 0.717) is 0 Å². The predicted octanol–water partition coefficient (Wildman–Crippen LogP) is 1.87. The zero-order chi connectivity index (χ0) is 13.4. The normalized spacial score (nSPS) is 32.2. The lowest BCUT2D eigenvalue weighted by Crippen LogP contribution is -2.48. The van der Waals surface area contributed by atoms with Crippen LogP contribution < -0.4 is 0 Å². The molecular weight excluding hydrogens is 247 g/mol. The molecular formula is C12H16F3NO2. The van der Waals surface area contributed by atoms with Gasteiger partial charge in [-0.05, 0) is 18.8 Å². The summed E-state index contributed by atoms with van der Waals surface area (Å²) in [6.45, 7) is -0.656. The Hall–Kier alpha value is -1.04. The first-order chi connectivity index (χ1) is 8.32. The van der Waals surface area contributed by atoms with Crippen LogP contribution in [-0.4, -0.2) is 40.8 Å². The van der Waals surface area contributed by atoms with Gasteiger partial charge in [-0.15, -0.1) is 0 Å². The van der Waals surface area contributed by atoms with E-state index in [1.807, 2.05) is 12.2 Å². The van der Waals surface area contributed by atoms with Crippen LogP contribution in [0.2, 0.25) is 0 Å². The van der Waals surface area contributed by atoms with E-state index >= 15 is 0 Å². The number of β-amino-alcohol motifs (C(OH)–C–C–N with tert-alkyl or cyclic N) is 1. The number of aliphatic hydroxyl groups is 1. The number of rotatable bonds is 2. The van der Waals surface area contributed by atoms with Gasteiger partial charge in [-0.3, -0.25) is 4.79 Å². The highest BCUT2D eigenvalue weighted by Gasteiger charge is 2.57. The highest BCUT2D eigenvalue weighted by Crippen LogP contribution is 2.38. The topological polar surface area (TPSA) is 40.5 Å². The van der Waals surface area contributed by atoms with Gasteiger partial charge in [0.1, 0.15) is 0 Å². The van der Waals surface area contributed by atoms with Gasteiger partial charge in [0.05, 0.1) is 6.54 Å². The zero-order valence-corrected chi connectivity index (χ0v) is 9.91. The van der Waals surface area contributed by atoms with Crippen molar-refractivity contribution in [1.29, 1.82) is 0 Å². The number of nitrogens with zero attached hydrogens (tertiary/aromatic N) is 1. The summed E-state index contributed by atoms with van der Waals surface area (Å²) < 4.78 is 37.8. The second kappa shape index (κ2) is 4.57. The molecule has 6 heteroatoms. The fraction of sp³-hybridized carbons (Fsp3) is 0.750. The van der Waals surface area contributed by atoms with Crippen LogP contribution in [-0.2, 0) is 4.79 Å². The summed E-state index contributed by atoms with van der Waals surface area (Å²) in [7, 11) is 0. The number of halogens is 3. The molecule has 0 aromatic carbocycles. The van der Waals surface area contributed by atoms with E-state index in [-0.39, 0.29) is 24.8 Å². The van der Waals surface area contributed by atoms with Crippen LogP contribution in [0.5, 0.6) is 0 Å². The molecule has 0 bridgehead atoms. The van der Waals surface area contributed by atoms with Crippen molar-refractivity contribution in [1.82, 2.24) is 4.90 Å². The van der Waals surface area contributed by atoms with Crippen molar-refractivity contribution >= 4 is 5.91 Å². The Morgan fingerprint density at radius 2 is 2.22 bits per heavy atom. The Bertz CT molecular complexity index is 367. The largest absolute Gasteiger partial charge is 0.419 e. The fourth-order valence-corrected chi connectivity index (χ4v) is 2.46. The molecule has 0 unspecified atom stereocenters. The molecule has 1 saturated heterocycles. The van der Waals surface area contributed by atoms with E-state index in [0.717, 1.165) is 17.7 Å². The minimum Gasteiger partial charge on any atom is -0.379 e. The lowest BCUT2D eigenvalue weighted by molar-refractivity contribution is -0.253. The van der Waals surface area contributed by atoms with Gasteiger partial charge in [-0.1, -0.05) is 12.2 Å². The average Bonchev–Trinajstić information content (AvgIpc) is 2.86. The lowest BCUT2D eigenvalue weighted by Gasteiger charge is -2.26. The van der Waals surface area contributed by atoms with Crippen molar-refractivity contribution in [3.8, 4) is 0 Å². The van der Waals surface area contributed by atoms with Gasteiger partial charge < -0.3 is 10.0 Å². The van der Waals surface area contributed by atoms with E-state index in [1.165, 1.54) is 0 Å². The average molecular weight is 263 g/mol. The number of carbonyl (C=O) groups is 1.